The quantitative estimate of drug-likeness (QED) is 0.295. The van der Waals surface area contributed by atoms with Crippen LogP contribution in [0.2, 0.25) is 0 Å². The third-order valence-corrected chi connectivity index (χ3v) is 4.35. The van der Waals surface area contributed by atoms with Gasteiger partial charge in [-0.25, -0.2) is 9.18 Å². The second-order valence-corrected chi connectivity index (χ2v) is 6.64. The van der Waals surface area contributed by atoms with E-state index in [1.807, 2.05) is 0 Å². The lowest BCUT2D eigenvalue weighted by atomic mass is 10.0. The Hall–Kier alpha value is -2.88. The molecule has 0 aliphatic heterocycles. The van der Waals surface area contributed by atoms with Gasteiger partial charge in [-0.3, -0.25) is 0 Å². The molecule has 136 valence electrons. The van der Waals surface area contributed by atoms with E-state index < -0.39 is 32.8 Å². The van der Waals surface area contributed by atoms with Crippen LogP contribution in [0.3, 0.4) is 0 Å². The van der Waals surface area contributed by atoms with Crippen LogP contribution in [0.4, 0.5) is 17.6 Å². The third kappa shape index (κ3) is 3.27. The summed E-state index contributed by atoms with van der Waals surface area (Å²) in [5.41, 5.74) is -6.56. The van der Waals surface area contributed by atoms with Crippen LogP contribution in [0.5, 0.6) is 5.75 Å². The van der Waals surface area contributed by atoms with Crippen LogP contribution in [-0.4, -0.2) is 13.9 Å². The Morgan fingerprint density at radius 3 is 2.31 bits per heavy atom. The number of alkyl halides is 3. The van der Waals surface area contributed by atoms with Crippen molar-refractivity contribution >= 4 is 21.1 Å². The minimum Gasteiger partial charge on any atom is -0.423 e. The van der Waals surface area contributed by atoms with Crippen molar-refractivity contribution in [1.29, 1.82) is 0 Å². The number of halogens is 4. The molecule has 0 fully saturated rings. The van der Waals surface area contributed by atoms with Crippen LogP contribution in [-0.2, 0) is 10.1 Å². The first-order valence-electron chi connectivity index (χ1n) is 6.92. The van der Waals surface area contributed by atoms with Gasteiger partial charge in [0.05, 0.1) is 0 Å². The second kappa shape index (κ2) is 6.13. The van der Waals surface area contributed by atoms with E-state index in [2.05, 4.69) is 4.18 Å². The molecule has 0 saturated carbocycles. The fraction of sp³-hybridized carbons (Fsp3) is 0.0625. The number of hydrogen-bond acceptors (Lipinski definition) is 5. The maximum Gasteiger partial charge on any atom is 0.534 e. The van der Waals surface area contributed by atoms with Crippen molar-refractivity contribution in [2.24, 2.45) is 0 Å². The van der Waals surface area contributed by atoms with E-state index in [-0.39, 0.29) is 22.1 Å². The molecule has 1 aromatic heterocycles. The summed E-state index contributed by atoms with van der Waals surface area (Å²) in [6.45, 7) is 0. The first-order valence-corrected chi connectivity index (χ1v) is 8.33. The van der Waals surface area contributed by atoms with E-state index in [4.69, 9.17) is 4.42 Å². The Bertz CT molecular complexity index is 1150. The molecular weight excluding hydrogens is 380 g/mol. The topological polar surface area (TPSA) is 73.6 Å². The highest BCUT2D eigenvalue weighted by Gasteiger charge is 2.48. The number of benzene rings is 2. The van der Waals surface area contributed by atoms with E-state index in [9.17, 15) is 30.8 Å². The Labute approximate surface area is 143 Å². The van der Waals surface area contributed by atoms with Crippen LogP contribution in [0.1, 0.15) is 0 Å². The average Bonchev–Trinajstić information content (AvgIpc) is 2.53. The predicted molar refractivity (Wildman–Crippen MR) is 83.5 cm³/mol. The third-order valence-electron chi connectivity index (χ3n) is 3.37. The van der Waals surface area contributed by atoms with Crippen molar-refractivity contribution in [3.8, 4) is 16.9 Å². The summed E-state index contributed by atoms with van der Waals surface area (Å²) < 4.78 is 82.2. The number of hydrogen-bond donors (Lipinski definition) is 0. The Morgan fingerprint density at radius 1 is 0.962 bits per heavy atom. The normalized spacial score (nSPS) is 12.3. The Balaban J connectivity index is 2.16. The van der Waals surface area contributed by atoms with Gasteiger partial charge in [-0.15, -0.1) is 0 Å². The molecule has 26 heavy (non-hydrogen) atoms. The Kier molecular flexibility index (Phi) is 4.23. The van der Waals surface area contributed by atoms with Gasteiger partial charge in [-0.1, -0.05) is 18.2 Å². The van der Waals surface area contributed by atoms with Crippen molar-refractivity contribution in [3.05, 3.63) is 64.8 Å². The van der Waals surface area contributed by atoms with Gasteiger partial charge >= 0.3 is 21.3 Å². The van der Waals surface area contributed by atoms with Crippen LogP contribution < -0.4 is 9.81 Å². The van der Waals surface area contributed by atoms with E-state index >= 15 is 0 Å². The maximum absolute atomic E-state index is 14.0. The highest BCUT2D eigenvalue weighted by molar-refractivity contribution is 7.88. The zero-order valence-corrected chi connectivity index (χ0v) is 13.4. The standard InChI is InChI=1S/C16H8F4O5S/c17-13-4-2-1-3-10(13)12-8-15(21)24-14-7-9(5-6-11(12)14)25-26(22,23)16(18,19)20/h1-8H. The molecule has 0 aliphatic carbocycles. The van der Waals surface area contributed by atoms with Crippen molar-refractivity contribution < 1.29 is 34.6 Å². The SMILES string of the molecule is O=c1cc(-c2ccccc2F)c2ccc(OS(=O)(=O)C(F)(F)F)cc2o1. The molecule has 10 heteroatoms. The molecule has 0 unspecified atom stereocenters. The summed E-state index contributed by atoms with van der Waals surface area (Å²) in [6.07, 6.45) is 0. The molecule has 3 rings (SSSR count). The average molecular weight is 388 g/mol. The molecule has 0 bridgehead atoms. The van der Waals surface area contributed by atoms with E-state index in [0.717, 1.165) is 18.2 Å². The first kappa shape index (κ1) is 17.9. The molecule has 3 aromatic rings. The van der Waals surface area contributed by atoms with Crippen molar-refractivity contribution in [3.63, 3.8) is 0 Å². The minimum atomic E-state index is -5.88. The smallest absolute Gasteiger partial charge is 0.423 e. The molecule has 5 nitrogen and oxygen atoms in total. The van der Waals surface area contributed by atoms with Gasteiger partial charge in [0.1, 0.15) is 17.1 Å². The lowest BCUT2D eigenvalue weighted by molar-refractivity contribution is -0.0500. The van der Waals surface area contributed by atoms with E-state index in [1.54, 1.807) is 0 Å². The molecule has 2 aromatic carbocycles. The first-order chi connectivity index (χ1) is 12.1. The van der Waals surface area contributed by atoms with Crippen molar-refractivity contribution in [1.82, 2.24) is 0 Å². The summed E-state index contributed by atoms with van der Waals surface area (Å²) in [6, 6.07) is 9.49. The van der Waals surface area contributed by atoms with Crippen LogP contribution >= 0.6 is 0 Å². The summed E-state index contributed by atoms with van der Waals surface area (Å²) in [4.78, 5) is 11.7. The van der Waals surface area contributed by atoms with E-state index in [1.165, 1.54) is 30.3 Å². The molecule has 0 saturated heterocycles. The fourth-order valence-electron chi connectivity index (χ4n) is 2.27. The molecule has 0 N–H and O–H groups in total. The lowest BCUT2D eigenvalue weighted by Crippen LogP contribution is -2.28. The van der Waals surface area contributed by atoms with Crippen molar-refractivity contribution in [2.75, 3.05) is 0 Å². The highest BCUT2D eigenvalue weighted by Crippen LogP contribution is 2.33. The molecular formula is C16H8F4O5S. The van der Waals surface area contributed by atoms with Gasteiger partial charge in [0.15, 0.2) is 0 Å². The molecule has 0 atom stereocenters. The minimum absolute atomic E-state index is 0.0713. The zero-order chi connectivity index (χ0) is 19.1. The van der Waals surface area contributed by atoms with Crippen LogP contribution in [0, 0.1) is 5.82 Å². The van der Waals surface area contributed by atoms with Gasteiger partial charge in [-0.2, -0.15) is 21.6 Å². The van der Waals surface area contributed by atoms with Gasteiger partial charge in [0.25, 0.3) is 0 Å². The highest BCUT2D eigenvalue weighted by atomic mass is 32.2. The summed E-state index contributed by atoms with van der Waals surface area (Å²) in [5, 5.41) is 0.187. The monoisotopic (exact) mass is 388 g/mol. The van der Waals surface area contributed by atoms with Gasteiger partial charge in [0, 0.05) is 28.6 Å². The lowest BCUT2D eigenvalue weighted by Gasteiger charge is -2.11. The fourth-order valence-corrected chi connectivity index (χ4v) is 2.72. The number of rotatable bonds is 3. The van der Waals surface area contributed by atoms with E-state index in [0.29, 0.717) is 0 Å². The summed E-state index contributed by atoms with van der Waals surface area (Å²) >= 11 is 0. The zero-order valence-electron chi connectivity index (χ0n) is 12.6. The molecule has 0 spiro atoms. The molecule has 1 heterocycles. The van der Waals surface area contributed by atoms with Gasteiger partial charge < -0.3 is 8.60 Å². The molecule has 0 radical (unpaired) electrons. The van der Waals surface area contributed by atoms with Crippen LogP contribution in [0.15, 0.2) is 57.7 Å². The van der Waals surface area contributed by atoms with Gasteiger partial charge in [-0.05, 0) is 18.2 Å². The van der Waals surface area contributed by atoms with Crippen LogP contribution in [0.25, 0.3) is 22.1 Å². The van der Waals surface area contributed by atoms with Crippen molar-refractivity contribution in [2.45, 2.75) is 5.51 Å². The Morgan fingerprint density at radius 2 is 1.65 bits per heavy atom. The largest absolute Gasteiger partial charge is 0.534 e. The predicted octanol–water partition coefficient (Wildman–Crippen LogP) is 3.83. The van der Waals surface area contributed by atoms with Gasteiger partial charge in [0.2, 0.25) is 0 Å². The second-order valence-electron chi connectivity index (χ2n) is 5.10. The summed E-state index contributed by atoms with van der Waals surface area (Å²) in [5.74, 6) is -1.33. The summed E-state index contributed by atoms with van der Waals surface area (Å²) in [7, 11) is -5.88. The molecule has 0 amide bonds. The molecule has 0 aliphatic rings. The maximum atomic E-state index is 14.0. The number of fused-ring (bicyclic) bond motifs is 1.